The summed E-state index contributed by atoms with van der Waals surface area (Å²) in [6.45, 7) is 10.1. The molecule has 17 heavy (non-hydrogen) atoms. The van der Waals surface area contributed by atoms with Gasteiger partial charge in [0.1, 0.15) is 0 Å². The van der Waals surface area contributed by atoms with Crippen LogP contribution in [0.5, 0.6) is 0 Å². The van der Waals surface area contributed by atoms with Crippen LogP contribution in [-0.4, -0.2) is 7.05 Å². The van der Waals surface area contributed by atoms with E-state index < -0.39 is 0 Å². The quantitative estimate of drug-likeness (QED) is 0.816. The van der Waals surface area contributed by atoms with E-state index in [2.05, 4.69) is 37.5 Å². The minimum Gasteiger partial charge on any atom is -0.388 e. The molecule has 1 aliphatic rings. The predicted molar refractivity (Wildman–Crippen MR) is 76.0 cm³/mol. The fourth-order valence-electron chi connectivity index (χ4n) is 2.42. The van der Waals surface area contributed by atoms with Gasteiger partial charge in [0.2, 0.25) is 0 Å². The van der Waals surface area contributed by atoms with Crippen LogP contribution in [0.4, 0.5) is 0 Å². The third-order valence-electron chi connectivity index (χ3n) is 3.83. The van der Waals surface area contributed by atoms with Gasteiger partial charge in [-0.15, -0.1) is 0 Å². The number of benzene rings is 1. The van der Waals surface area contributed by atoms with E-state index >= 15 is 0 Å². The third kappa shape index (κ3) is 2.14. The molecule has 0 bridgehead atoms. The highest BCUT2D eigenvalue weighted by molar-refractivity contribution is 5.70. The van der Waals surface area contributed by atoms with Crippen molar-refractivity contribution in [3.8, 4) is 0 Å². The topological polar surface area (TPSA) is 12.0 Å². The van der Waals surface area contributed by atoms with Gasteiger partial charge in [-0.3, -0.25) is 0 Å². The van der Waals surface area contributed by atoms with Crippen LogP contribution in [0.25, 0.3) is 11.8 Å². The van der Waals surface area contributed by atoms with Crippen LogP contribution in [-0.2, 0) is 0 Å². The highest BCUT2D eigenvalue weighted by Gasteiger charge is 2.23. The van der Waals surface area contributed by atoms with E-state index in [0.29, 0.717) is 0 Å². The van der Waals surface area contributed by atoms with Crippen molar-refractivity contribution >= 4 is 11.8 Å². The van der Waals surface area contributed by atoms with Crippen molar-refractivity contribution in [3.63, 3.8) is 0 Å². The van der Waals surface area contributed by atoms with Crippen LogP contribution in [0.1, 0.15) is 47.4 Å². The molecule has 1 saturated carbocycles. The first-order valence-corrected chi connectivity index (χ1v) is 6.31. The molecule has 1 heteroatoms. The zero-order chi connectivity index (χ0) is 12.4. The molecule has 1 aromatic rings. The van der Waals surface area contributed by atoms with Crippen molar-refractivity contribution in [1.82, 2.24) is 5.32 Å². The molecule has 0 saturated heterocycles. The average molecular weight is 227 g/mol. The van der Waals surface area contributed by atoms with Crippen molar-refractivity contribution in [2.75, 3.05) is 7.05 Å². The van der Waals surface area contributed by atoms with Gasteiger partial charge in [0, 0.05) is 18.3 Å². The van der Waals surface area contributed by atoms with E-state index in [1.165, 1.54) is 41.5 Å². The van der Waals surface area contributed by atoms with Gasteiger partial charge in [-0.25, -0.2) is 0 Å². The first kappa shape index (κ1) is 12.0. The molecular formula is C16H21N. The van der Waals surface area contributed by atoms with Gasteiger partial charge >= 0.3 is 0 Å². The second-order valence-electron chi connectivity index (χ2n) is 4.86. The molecule has 2 rings (SSSR count). The Hall–Kier alpha value is -1.50. The summed E-state index contributed by atoms with van der Waals surface area (Å²) >= 11 is 0. The minimum absolute atomic E-state index is 0.729. The monoisotopic (exact) mass is 227 g/mol. The molecule has 0 amide bonds. The Morgan fingerprint density at radius 1 is 1.41 bits per heavy atom. The minimum atomic E-state index is 0.729. The number of rotatable bonds is 4. The van der Waals surface area contributed by atoms with Gasteiger partial charge in [-0.2, -0.15) is 0 Å². The highest BCUT2D eigenvalue weighted by atomic mass is 14.8. The molecular weight excluding hydrogens is 206 g/mol. The number of hydrogen-bond donors (Lipinski definition) is 1. The van der Waals surface area contributed by atoms with Crippen molar-refractivity contribution in [3.05, 3.63) is 47.5 Å². The molecule has 0 heterocycles. The lowest BCUT2D eigenvalue weighted by molar-refractivity contribution is 0.419. The first-order valence-electron chi connectivity index (χ1n) is 6.31. The zero-order valence-corrected chi connectivity index (χ0v) is 10.8. The maximum atomic E-state index is 4.10. The average Bonchev–Trinajstić information content (AvgIpc) is 2.26. The van der Waals surface area contributed by atoms with Crippen molar-refractivity contribution < 1.29 is 0 Å². The van der Waals surface area contributed by atoms with Crippen LogP contribution < -0.4 is 5.32 Å². The van der Waals surface area contributed by atoms with E-state index in [9.17, 15) is 0 Å². The smallest absolute Gasteiger partial charge is 0.0341 e. The molecule has 90 valence electrons. The Balaban J connectivity index is 2.50. The second kappa shape index (κ2) is 4.79. The summed E-state index contributed by atoms with van der Waals surface area (Å²) in [6.07, 6.45) is 5.92. The van der Waals surface area contributed by atoms with E-state index in [0.717, 1.165) is 11.6 Å². The summed E-state index contributed by atoms with van der Waals surface area (Å²) in [4.78, 5) is 0. The Morgan fingerprint density at radius 2 is 2.12 bits per heavy atom. The predicted octanol–water partition coefficient (Wildman–Crippen LogP) is 4.10. The Kier molecular flexibility index (Phi) is 3.37. The van der Waals surface area contributed by atoms with Gasteiger partial charge < -0.3 is 5.32 Å². The molecule has 1 aliphatic carbocycles. The van der Waals surface area contributed by atoms with Crippen LogP contribution in [0, 0.1) is 6.92 Å². The normalized spacial score (nSPS) is 15.2. The van der Waals surface area contributed by atoms with Crippen LogP contribution >= 0.6 is 0 Å². The van der Waals surface area contributed by atoms with E-state index in [-0.39, 0.29) is 0 Å². The maximum Gasteiger partial charge on any atom is 0.0341 e. The zero-order valence-electron chi connectivity index (χ0n) is 10.8. The SMILES string of the molecule is C=Cc1cc(C(=C)NC)c(C2CCC2)cc1C. The maximum absolute atomic E-state index is 4.10. The van der Waals surface area contributed by atoms with Crippen LogP contribution in [0.3, 0.4) is 0 Å². The summed E-state index contributed by atoms with van der Waals surface area (Å²) in [7, 11) is 1.93. The van der Waals surface area contributed by atoms with E-state index in [1.807, 2.05) is 13.1 Å². The van der Waals surface area contributed by atoms with E-state index in [1.54, 1.807) is 0 Å². The van der Waals surface area contributed by atoms with Crippen molar-refractivity contribution in [2.45, 2.75) is 32.1 Å². The summed E-state index contributed by atoms with van der Waals surface area (Å²) in [6, 6.07) is 4.54. The highest BCUT2D eigenvalue weighted by Crippen LogP contribution is 2.40. The Bertz CT molecular complexity index is 453. The fourth-order valence-corrected chi connectivity index (χ4v) is 2.42. The molecule has 0 radical (unpaired) electrons. The number of hydrogen-bond acceptors (Lipinski definition) is 1. The van der Waals surface area contributed by atoms with Gasteiger partial charge in [-0.1, -0.05) is 31.7 Å². The van der Waals surface area contributed by atoms with Crippen LogP contribution in [0.15, 0.2) is 25.3 Å². The van der Waals surface area contributed by atoms with Crippen molar-refractivity contribution in [1.29, 1.82) is 0 Å². The molecule has 0 aromatic heterocycles. The largest absolute Gasteiger partial charge is 0.388 e. The lowest BCUT2D eigenvalue weighted by Crippen LogP contribution is -2.14. The van der Waals surface area contributed by atoms with Gasteiger partial charge in [-0.05, 0) is 48.4 Å². The van der Waals surface area contributed by atoms with E-state index in [4.69, 9.17) is 0 Å². The Morgan fingerprint density at radius 3 is 2.59 bits per heavy atom. The molecule has 0 unspecified atom stereocenters. The second-order valence-corrected chi connectivity index (χ2v) is 4.86. The fraction of sp³-hybridized carbons (Fsp3) is 0.375. The Labute approximate surface area is 104 Å². The van der Waals surface area contributed by atoms with Crippen molar-refractivity contribution in [2.24, 2.45) is 0 Å². The summed E-state index contributed by atoms with van der Waals surface area (Å²) in [5.41, 5.74) is 6.25. The molecule has 0 aliphatic heterocycles. The molecule has 0 spiro atoms. The molecule has 1 nitrogen and oxygen atoms in total. The summed E-state index contributed by atoms with van der Waals surface area (Å²) in [5.74, 6) is 0.729. The third-order valence-corrected chi connectivity index (χ3v) is 3.83. The van der Waals surface area contributed by atoms with Gasteiger partial charge in [0.05, 0.1) is 0 Å². The lowest BCUT2D eigenvalue weighted by Gasteiger charge is -2.29. The molecule has 1 N–H and O–H groups in total. The summed E-state index contributed by atoms with van der Waals surface area (Å²) in [5, 5.41) is 3.17. The van der Waals surface area contributed by atoms with Gasteiger partial charge in [0.15, 0.2) is 0 Å². The number of aryl methyl sites for hydroxylation is 1. The molecule has 1 fully saturated rings. The van der Waals surface area contributed by atoms with Crippen LogP contribution in [0.2, 0.25) is 0 Å². The molecule has 1 aromatic carbocycles. The first-order chi connectivity index (χ1) is 8.17. The lowest BCUT2D eigenvalue weighted by atomic mass is 9.76. The standard InChI is InChI=1S/C16H21N/c1-5-13-10-15(12(3)17-4)16(9-11(13)2)14-7-6-8-14/h5,9-10,14,17H,1,3,6-8H2,2,4H3. The number of nitrogens with one attached hydrogen (secondary N) is 1. The van der Waals surface area contributed by atoms with Gasteiger partial charge in [0.25, 0.3) is 0 Å². The summed E-state index contributed by atoms with van der Waals surface area (Å²) < 4.78 is 0. The molecule has 0 atom stereocenters.